The van der Waals surface area contributed by atoms with E-state index >= 15 is 0 Å². The molecule has 1 aromatic heterocycles. The van der Waals surface area contributed by atoms with Crippen LogP contribution < -0.4 is 5.32 Å². The Bertz CT molecular complexity index is 505. The maximum Gasteiger partial charge on any atom is 0.148 e. The molecule has 0 bridgehead atoms. The summed E-state index contributed by atoms with van der Waals surface area (Å²) in [5.41, 5.74) is 0.880. The van der Waals surface area contributed by atoms with Crippen LogP contribution in [0.15, 0.2) is 52.1 Å². The van der Waals surface area contributed by atoms with E-state index in [9.17, 15) is 0 Å². The van der Waals surface area contributed by atoms with Crippen LogP contribution in [0.3, 0.4) is 0 Å². The zero-order chi connectivity index (χ0) is 11.0. The van der Waals surface area contributed by atoms with Gasteiger partial charge in [0.2, 0.25) is 0 Å². The van der Waals surface area contributed by atoms with Crippen LogP contribution in [0.1, 0.15) is 5.69 Å². The molecule has 0 amide bonds. The van der Waals surface area contributed by atoms with E-state index < -0.39 is 0 Å². The molecule has 0 spiro atoms. The van der Waals surface area contributed by atoms with E-state index in [-0.39, 0.29) is 12.1 Å². The molecule has 0 saturated carbocycles. The number of pyridine rings is 1. The number of halogens is 1. The fourth-order valence-corrected chi connectivity index (χ4v) is 2.22. The highest BCUT2D eigenvalue weighted by molar-refractivity contribution is 9.10. The van der Waals surface area contributed by atoms with Gasteiger partial charge < -0.3 is 5.32 Å². The molecule has 3 nitrogen and oxygen atoms in total. The summed E-state index contributed by atoms with van der Waals surface area (Å²) in [6.45, 7) is 0. The molecule has 1 aliphatic heterocycles. The summed E-state index contributed by atoms with van der Waals surface area (Å²) in [5, 5.41) is 3.36. The molecular weight excluding hydrogens is 266 g/mol. The third-order valence-corrected chi connectivity index (χ3v) is 3.09. The Morgan fingerprint density at radius 1 is 1.19 bits per heavy atom. The maximum absolute atomic E-state index is 4.61. The standard InChI is InChI=1S/C12H10BrN3/c13-11-7-3-6-10(14-11)12-15-8-4-1-2-5-9(8)16-12/h1-9H,(H,15,16). The predicted molar refractivity (Wildman–Crippen MR) is 67.5 cm³/mol. The summed E-state index contributed by atoms with van der Waals surface area (Å²) in [5.74, 6) is 0.868. The van der Waals surface area contributed by atoms with Gasteiger partial charge in [0.1, 0.15) is 16.1 Å². The van der Waals surface area contributed by atoms with E-state index in [0.29, 0.717) is 0 Å². The van der Waals surface area contributed by atoms with Gasteiger partial charge in [-0.3, -0.25) is 4.99 Å². The molecule has 0 saturated heterocycles. The van der Waals surface area contributed by atoms with Crippen LogP contribution in [0.4, 0.5) is 0 Å². The van der Waals surface area contributed by atoms with Gasteiger partial charge in [-0.25, -0.2) is 4.98 Å². The van der Waals surface area contributed by atoms with E-state index in [2.05, 4.69) is 43.4 Å². The lowest BCUT2D eigenvalue weighted by molar-refractivity contribution is 0.695. The molecule has 0 aromatic carbocycles. The summed E-state index contributed by atoms with van der Waals surface area (Å²) in [6.07, 6.45) is 8.30. The van der Waals surface area contributed by atoms with Crippen molar-refractivity contribution in [2.45, 2.75) is 12.1 Å². The largest absolute Gasteiger partial charge is 0.360 e. The summed E-state index contributed by atoms with van der Waals surface area (Å²) < 4.78 is 0.829. The molecule has 1 aromatic rings. The van der Waals surface area contributed by atoms with Crippen molar-refractivity contribution in [3.05, 3.63) is 52.8 Å². The Morgan fingerprint density at radius 3 is 2.88 bits per heavy atom. The van der Waals surface area contributed by atoms with Crippen molar-refractivity contribution >= 4 is 21.8 Å². The molecule has 0 radical (unpaired) electrons. The second kappa shape index (κ2) is 3.87. The van der Waals surface area contributed by atoms with Gasteiger partial charge in [-0.05, 0) is 28.1 Å². The van der Waals surface area contributed by atoms with Crippen LogP contribution in [0.2, 0.25) is 0 Å². The summed E-state index contributed by atoms with van der Waals surface area (Å²) in [6, 6.07) is 6.32. The Morgan fingerprint density at radius 2 is 2.06 bits per heavy atom. The number of aromatic nitrogens is 1. The molecule has 2 atom stereocenters. The van der Waals surface area contributed by atoms with Gasteiger partial charge >= 0.3 is 0 Å². The number of nitrogens with zero attached hydrogens (tertiary/aromatic N) is 2. The number of hydrogen-bond donors (Lipinski definition) is 1. The van der Waals surface area contributed by atoms with Gasteiger partial charge in [0.15, 0.2) is 0 Å². The molecule has 1 N–H and O–H groups in total. The van der Waals surface area contributed by atoms with Gasteiger partial charge in [-0.1, -0.05) is 30.4 Å². The van der Waals surface area contributed by atoms with E-state index in [1.165, 1.54) is 0 Å². The fraction of sp³-hybridized carbons (Fsp3) is 0.167. The zero-order valence-corrected chi connectivity index (χ0v) is 10.1. The van der Waals surface area contributed by atoms with E-state index in [0.717, 1.165) is 16.1 Å². The lowest BCUT2D eigenvalue weighted by Gasteiger charge is -2.13. The number of amidine groups is 1. The van der Waals surface area contributed by atoms with Gasteiger partial charge in [0, 0.05) is 0 Å². The lowest BCUT2D eigenvalue weighted by atomic mass is 10.1. The van der Waals surface area contributed by atoms with Gasteiger partial charge in [-0.15, -0.1) is 0 Å². The van der Waals surface area contributed by atoms with Crippen molar-refractivity contribution in [1.82, 2.24) is 10.3 Å². The third-order valence-electron chi connectivity index (χ3n) is 2.65. The second-order valence-corrected chi connectivity index (χ2v) is 4.57. The van der Waals surface area contributed by atoms with Gasteiger partial charge in [0.05, 0.1) is 12.1 Å². The van der Waals surface area contributed by atoms with E-state index in [4.69, 9.17) is 0 Å². The van der Waals surface area contributed by atoms with E-state index in [1.807, 2.05) is 30.4 Å². The molecule has 80 valence electrons. The van der Waals surface area contributed by atoms with Crippen molar-refractivity contribution < 1.29 is 0 Å². The number of rotatable bonds is 1. The molecule has 2 heterocycles. The van der Waals surface area contributed by atoms with Crippen LogP contribution in [0, 0.1) is 0 Å². The van der Waals surface area contributed by atoms with Crippen LogP contribution in [0.5, 0.6) is 0 Å². The average molecular weight is 276 g/mol. The Kier molecular flexibility index (Phi) is 2.36. The first-order chi connectivity index (χ1) is 7.83. The minimum Gasteiger partial charge on any atom is -0.360 e. The van der Waals surface area contributed by atoms with Gasteiger partial charge in [-0.2, -0.15) is 0 Å². The quantitative estimate of drug-likeness (QED) is 0.797. The van der Waals surface area contributed by atoms with Crippen LogP contribution in [-0.4, -0.2) is 22.9 Å². The normalized spacial score (nSPS) is 26.2. The number of nitrogens with one attached hydrogen (secondary N) is 1. The molecule has 16 heavy (non-hydrogen) atoms. The van der Waals surface area contributed by atoms with Crippen molar-refractivity contribution in [2.24, 2.45) is 4.99 Å². The summed E-state index contributed by atoms with van der Waals surface area (Å²) >= 11 is 3.36. The highest BCUT2D eigenvalue weighted by Gasteiger charge is 2.26. The maximum atomic E-state index is 4.61. The zero-order valence-electron chi connectivity index (χ0n) is 8.47. The van der Waals surface area contributed by atoms with Crippen LogP contribution in [-0.2, 0) is 0 Å². The third kappa shape index (κ3) is 1.69. The predicted octanol–water partition coefficient (Wildman–Crippen LogP) is 2.06. The molecule has 1 aliphatic carbocycles. The Balaban J connectivity index is 1.93. The van der Waals surface area contributed by atoms with E-state index in [1.54, 1.807) is 0 Å². The number of fused-ring (bicyclic) bond motifs is 1. The SMILES string of the molecule is Brc1cccc(C2=NC3C=CC=CC3N2)n1. The van der Waals surface area contributed by atoms with Crippen molar-refractivity contribution in [3.63, 3.8) is 0 Å². The molecular formula is C12H10BrN3. The van der Waals surface area contributed by atoms with Crippen molar-refractivity contribution in [3.8, 4) is 0 Å². The lowest BCUT2D eigenvalue weighted by Crippen LogP contribution is -2.33. The molecule has 2 unspecified atom stereocenters. The smallest absolute Gasteiger partial charge is 0.148 e. The highest BCUT2D eigenvalue weighted by Crippen LogP contribution is 2.17. The summed E-state index contributed by atoms with van der Waals surface area (Å²) in [7, 11) is 0. The molecule has 4 heteroatoms. The average Bonchev–Trinajstić information content (AvgIpc) is 2.72. The van der Waals surface area contributed by atoms with Crippen LogP contribution in [0.25, 0.3) is 0 Å². The summed E-state index contributed by atoms with van der Waals surface area (Å²) in [4.78, 5) is 8.99. The highest BCUT2D eigenvalue weighted by atomic mass is 79.9. The molecule has 0 fully saturated rings. The van der Waals surface area contributed by atoms with Crippen molar-refractivity contribution in [1.29, 1.82) is 0 Å². The number of hydrogen-bond acceptors (Lipinski definition) is 3. The first kappa shape index (κ1) is 9.78. The second-order valence-electron chi connectivity index (χ2n) is 3.75. The van der Waals surface area contributed by atoms with Gasteiger partial charge in [0.25, 0.3) is 0 Å². The minimum atomic E-state index is 0.209. The first-order valence-electron chi connectivity index (χ1n) is 5.15. The van der Waals surface area contributed by atoms with Crippen LogP contribution >= 0.6 is 15.9 Å². The monoisotopic (exact) mass is 275 g/mol. The number of allylic oxidation sites excluding steroid dienone is 2. The Hall–Kier alpha value is -1.42. The minimum absolute atomic E-state index is 0.209. The molecule has 2 aliphatic rings. The Labute approximate surface area is 102 Å². The fourth-order valence-electron chi connectivity index (χ4n) is 1.88. The topological polar surface area (TPSA) is 37.3 Å². The molecule has 3 rings (SSSR count). The number of aliphatic imine (C=N–C) groups is 1. The van der Waals surface area contributed by atoms with Crippen molar-refractivity contribution in [2.75, 3.05) is 0 Å². The first-order valence-corrected chi connectivity index (χ1v) is 5.94.